The van der Waals surface area contributed by atoms with Crippen LogP contribution in [-0.2, 0) is 14.1 Å². The normalized spacial score (nSPS) is 11.2. The first-order valence-electron chi connectivity index (χ1n) is 11.4. The number of pyridine rings is 1. The van der Waals surface area contributed by atoms with Crippen molar-refractivity contribution in [3.63, 3.8) is 0 Å². The summed E-state index contributed by atoms with van der Waals surface area (Å²) in [5.74, 6) is 0. The Morgan fingerprint density at radius 2 is 0.912 bits per heavy atom. The molecule has 5 rings (SSSR count). The summed E-state index contributed by atoms with van der Waals surface area (Å²) in [6, 6.07) is 18.6. The van der Waals surface area contributed by atoms with Gasteiger partial charge in [-0.25, -0.2) is 4.98 Å². The van der Waals surface area contributed by atoms with Gasteiger partial charge in [-0.05, 0) is 62.1 Å². The molecule has 34 heavy (non-hydrogen) atoms. The first-order valence-corrected chi connectivity index (χ1v) is 11.4. The molecule has 0 saturated heterocycles. The molecule has 0 unspecified atom stereocenters. The van der Waals surface area contributed by atoms with Gasteiger partial charge >= 0.3 is 0 Å². The Balaban J connectivity index is 1.56. The van der Waals surface area contributed by atoms with Crippen molar-refractivity contribution in [3.05, 3.63) is 89.2 Å². The summed E-state index contributed by atoms with van der Waals surface area (Å²) in [6.45, 7) is 8.43. The second-order valence-corrected chi connectivity index (χ2v) is 8.83. The Morgan fingerprint density at radius 1 is 0.559 bits per heavy atom. The molecule has 2 aromatic carbocycles. The lowest BCUT2D eigenvalue weighted by atomic mass is 10.1. The largest absolute Gasteiger partial charge is 0.240 e. The number of aryl methyl sites for hydroxylation is 6. The Labute approximate surface area is 199 Å². The van der Waals surface area contributed by atoms with Gasteiger partial charge in [-0.3, -0.25) is 0 Å². The van der Waals surface area contributed by atoms with E-state index in [0.717, 1.165) is 34.2 Å². The molecular formula is C27H29N7+2. The average molecular weight is 452 g/mol. The van der Waals surface area contributed by atoms with E-state index < -0.39 is 0 Å². The lowest BCUT2D eigenvalue weighted by Gasteiger charge is -2.02. The van der Waals surface area contributed by atoms with Crippen LogP contribution in [0.3, 0.4) is 0 Å². The molecule has 0 N–H and O–H groups in total. The van der Waals surface area contributed by atoms with E-state index in [1.807, 2.05) is 63.4 Å². The Kier molecular flexibility index (Phi) is 5.32. The molecule has 0 saturated carbocycles. The third-order valence-corrected chi connectivity index (χ3v) is 6.26. The second kappa shape index (κ2) is 8.33. The minimum absolute atomic E-state index is 0.859. The zero-order valence-electron chi connectivity index (χ0n) is 20.5. The van der Waals surface area contributed by atoms with Gasteiger partial charge in [0.15, 0.2) is 23.8 Å². The number of hydrogen-bond acceptors (Lipinski definition) is 3. The van der Waals surface area contributed by atoms with Gasteiger partial charge in [-0.15, -0.1) is 18.7 Å². The molecule has 0 amide bonds. The lowest BCUT2D eigenvalue weighted by Crippen LogP contribution is -2.34. The number of rotatable bonds is 4. The highest BCUT2D eigenvalue weighted by Crippen LogP contribution is 2.22. The fourth-order valence-electron chi connectivity index (χ4n) is 4.57. The molecule has 0 bridgehead atoms. The van der Waals surface area contributed by atoms with Crippen molar-refractivity contribution >= 4 is 0 Å². The molecule has 7 nitrogen and oxygen atoms in total. The predicted molar refractivity (Wildman–Crippen MR) is 131 cm³/mol. The van der Waals surface area contributed by atoms with Crippen LogP contribution >= 0.6 is 0 Å². The smallest absolute Gasteiger partial charge is 0.216 e. The van der Waals surface area contributed by atoms with E-state index in [9.17, 15) is 0 Å². The van der Waals surface area contributed by atoms with E-state index in [-0.39, 0.29) is 0 Å². The zero-order valence-corrected chi connectivity index (χ0v) is 20.5. The summed E-state index contributed by atoms with van der Waals surface area (Å²) in [5, 5.41) is 9.47. The van der Waals surface area contributed by atoms with E-state index in [0.29, 0.717) is 0 Å². The van der Waals surface area contributed by atoms with E-state index in [1.54, 1.807) is 0 Å². The third kappa shape index (κ3) is 3.69. The van der Waals surface area contributed by atoms with Crippen LogP contribution in [0.1, 0.15) is 22.3 Å². The first kappa shape index (κ1) is 21.7. The summed E-state index contributed by atoms with van der Waals surface area (Å²) in [6.07, 6.45) is 4.09. The number of aromatic nitrogens is 7. The van der Waals surface area contributed by atoms with Crippen molar-refractivity contribution in [2.45, 2.75) is 27.7 Å². The van der Waals surface area contributed by atoms with Crippen LogP contribution in [0.25, 0.3) is 34.2 Å². The molecule has 0 aliphatic heterocycles. The van der Waals surface area contributed by atoms with E-state index in [4.69, 9.17) is 15.4 Å². The summed E-state index contributed by atoms with van der Waals surface area (Å²) < 4.78 is 7.62. The fourth-order valence-corrected chi connectivity index (χ4v) is 4.57. The van der Waals surface area contributed by atoms with Crippen LogP contribution in [0.4, 0.5) is 0 Å². The van der Waals surface area contributed by atoms with Crippen LogP contribution in [0.2, 0.25) is 0 Å². The third-order valence-electron chi connectivity index (χ3n) is 6.26. The molecule has 3 heterocycles. The van der Waals surface area contributed by atoms with Crippen molar-refractivity contribution in [1.29, 1.82) is 0 Å². The maximum atomic E-state index is 4.99. The zero-order chi connectivity index (χ0) is 24.0. The van der Waals surface area contributed by atoms with Crippen molar-refractivity contribution in [3.8, 4) is 34.2 Å². The van der Waals surface area contributed by atoms with Crippen molar-refractivity contribution in [1.82, 2.24) is 24.8 Å². The molecule has 5 aromatic rings. The standard InChI is InChI=1S/C27H29N7/c1-18-10-7-11-19(2)26(18)33-16-24(31(5)29-33)22-14-9-15-23(28-22)25-17-34(30-32(25)6)27-20(3)12-8-13-21(27)4/h7-17H,1-6H3/q+2. The first-order chi connectivity index (χ1) is 16.3. The SMILES string of the molecule is Cc1cccc(C)c1-[n+]1cc(-c2cccc(-c3c[n+](-c4c(C)cccc4C)nn3C)n2)n(C)n1. The lowest BCUT2D eigenvalue weighted by molar-refractivity contribution is -0.662. The molecular weight excluding hydrogens is 422 g/mol. The molecule has 3 aromatic heterocycles. The Bertz CT molecular complexity index is 1370. The van der Waals surface area contributed by atoms with E-state index in [2.05, 4.69) is 64.1 Å². The molecule has 0 aliphatic carbocycles. The quantitative estimate of drug-likeness (QED) is 0.392. The summed E-state index contributed by atoms with van der Waals surface area (Å²) in [5.41, 5.74) is 10.5. The maximum absolute atomic E-state index is 4.99. The topological polar surface area (TPSA) is 56.3 Å². The summed E-state index contributed by atoms with van der Waals surface area (Å²) >= 11 is 0. The van der Waals surface area contributed by atoms with Gasteiger partial charge in [0.25, 0.3) is 0 Å². The van der Waals surface area contributed by atoms with Crippen molar-refractivity contribution in [2.75, 3.05) is 0 Å². The number of benzene rings is 2. The fraction of sp³-hybridized carbons (Fsp3) is 0.222. The maximum Gasteiger partial charge on any atom is 0.216 e. The summed E-state index contributed by atoms with van der Waals surface area (Å²) in [7, 11) is 3.90. The van der Waals surface area contributed by atoms with Crippen LogP contribution in [0.5, 0.6) is 0 Å². The monoisotopic (exact) mass is 451 g/mol. The second-order valence-electron chi connectivity index (χ2n) is 8.83. The minimum atomic E-state index is 0.859. The minimum Gasteiger partial charge on any atom is -0.240 e. The van der Waals surface area contributed by atoms with Crippen LogP contribution < -0.4 is 9.36 Å². The van der Waals surface area contributed by atoms with Crippen LogP contribution in [0, 0.1) is 27.7 Å². The van der Waals surface area contributed by atoms with Gasteiger partial charge in [-0.2, -0.15) is 0 Å². The van der Waals surface area contributed by atoms with Crippen LogP contribution in [-0.4, -0.2) is 24.8 Å². The van der Waals surface area contributed by atoms with Gasteiger partial charge in [0, 0.05) is 0 Å². The summed E-state index contributed by atoms with van der Waals surface area (Å²) in [4.78, 5) is 4.99. The van der Waals surface area contributed by atoms with E-state index >= 15 is 0 Å². The molecule has 0 radical (unpaired) electrons. The molecule has 7 heteroatoms. The predicted octanol–water partition coefficient (Wildman–Crippen LogP) is 3.67. The highest BCUT2D eigenvalue weighted by atomic mass is 15.5. The van der Waals surface area contributed by atoms with Gasteiger partial charge in [0.1, 0.15) is 25.5 Å². The molecule has 0 atom stereocenters. The highest BCUT2D eigenvalue weighted by Gasteiger charge is 2.23. The molecule has 0 spiro atoms. The molecule has 0 aliphatic rings. The van der Waals surface area contributed by atoms with E-state index in [1.165, 1.54) is 22.3 Å². The average Bonchev–Trinajstić information content (AvgIpc) is 3.36. The van der Waals surface area contributed by atoms with Gasteiger partial charge in [0.05, 0.1) is 10.4 Å². The van der Waals surface area contributed by atoms with Gasteiger partial charge in [-0.1, -0.05) is 42.5 Å². The number of nitrogens with zero attached hydrogens (tertiary/aromatic N) is 7. The number of hydrogen-bond donors (Lipinski definition) is 0. The van der Waals surface area contributed by atoms with Crippen molar-refractivity contribution in [2.24, 2.45) is 14.1 Å². The molecule has 170 valence electrons. The Hall–Kier alpha value is -4.13. The van der Waals surface area contributed by atoms with Crippen molar-refractivity contribution < 1.29 is 9.36 Å². The van der Waals surface area contributed by atoms with Gasteiger partial charge in [0.2, 0.25) is 11.4 Å². The number of para-hydroxylation sites is 2. The highest BCUT2D eigenvalue weighted by molar-refractivity contribution is 5.60. The van der Waals surface area contributed by atoms with Crippen LogP contribution in [0.15, 0.2) is 67.0 Å². The van der Waals surface area contributed by atoms with Gasteiger partial charge < -0.3 is 0 Å². The molecule has 0 fully saturated rings. The Morgan fingerprint density at radius 3 is 1.29 bits per heavy atom.